The maximum atomic E-state index is 11.3. The molecule has 1 amide bonds. The Morgan fingerprint density at radius 1 is 1.69 bits per heavy atom. The molecule has 0 aromatic carbocycles. The van der Waals surface area contributed by atoms with Crippen LogP contribution in [0.15, 0.2) is 11.1 Å². The first-order chi connectivity index (χ1) is 5.70. The Morgan fingerprint density at radius 2 is 2.38 bits per heavy atom. The molecular formula is C8H14BrClN2O. The van der Waals surface area contributed by atoms with Gasteiger partial charge < -0.3 is 10.6 Å². The Hall–Kier alpha value is -0.0600. The fourth-order valence-electron chi connectivity index (χ4n) is 1.21. The van der Waals surface area contributed by atoms with Gasteiger partial charge in [0.25, 0.3) is 0 Å². The third-order valence-electron chi connectivity index (χ3n) is 1.89. The molecule has 1 fully saturated rings. The van der Waals surface area contributed by atoms with Crippen LogP contribution in [-0.4, -0.2) is 25.5 Å². The molecule has 0 saturated carbocycles. The number of amides is 1. The summed E-state index contributed by atoms with van der Waals surface area (Å²) in [6.45, 7) is 5.92. The van der Waals surface area contributed by atoms with Gasteiger partial charge in [-0.1, -0.05) is 22.5 Å². The predicted octanol–water partition coefficient (Wildman–Crippen LogP) is 1.04. The van der Waals surface area contributed by atoms with Gasteiger partial charge in [0.1, 0.15) is 0 Å². The Labute approximate surface area is 92.9 Å². The van der Waals surface area contributed by atoms with Crippen molar-refractivity contribution in [2.45, 2.75) is 6.42 Å². The van der Waals surface area contributed by atoms with E-state index in [1.54, 1.807) is 0 Å². The molecular weight excluding hydrogens is 255 g/mol. The number of nitrogens with one attached hydrogen (secondary N) is 2. The molecule has 0 unspecified atom stereocenters. The van der Waals surface area contributed by atoms with Gasteiger partial charge in [-0.25, -0.2) is 0 Å². The summed E-state index contributed by atoms with van der Waals surface area (Å²) in [4.78, 5) is 11.3. The van der Waals surface area contributed by atoms with Gasteiger partial charge in [-0.2, -0.15) is 0 Å². The van der Waals surface area contributed by atoms with E-state index in [0.717, 1.165) is 24.0 Å². The summed E-state index contributed by atoms with van der Waals surface area (Å²) in [6, 6.07) is 0. The monoisotopic (exact) mass is 268 g/mol. The van der Waals surface area contributed by atoms with E-state index in [1.807, 2.05) is 0 Å². The quantitative estimate of drug-likeness (QED) is 0.804. The van der Waals surface area contributed by atoms with E-state index in [1.165, 1.54) is 0 Å². The zero-order chi connectivity index (χ0) is 8.97. The lowest BCUT2D eigenvalue weighted by Crippen LogP contribution is -2.32. The second-order valence-electron chi connectivity index (χ2n) is 2.92. The number of rotatable bonds is 3. The van der Waals surface area contributed by atoms with Crippen LogP contribution in [0.4, 0.5) is 0 Å². The topological polar surface area (TPSA) is 41.1 Å². The first-order valence-corrected chi connectivity index (χ1v) is 4.81. The second-order valence-corrected chi connectivity index (χ2v) is 4.05. The molecule has 0 bridgehead atoms. The maximum Gasteiger partial charge on any atom is 0.224 e. The molecule has 0 aromatic rings. The van der Waals surface area contributed by atoms with Crippen molar-refractivity contribution in [2.75, 3.05) is 19.6 Å². The fourth-order valence-corrected chi connectivity index (χ4v) is 1.35. The highest BCUT2D eigenvalue weighted by Gasteiger charge is 2.21. The summed E-state index contributed by atoms with van der Waals surface area (Å²) in [5, 5.41) is 5.94. The van der Waals surface area contributed by atoms with Crippen molar-refractivity contribution in [3.05, 3.63) is 11.1 Å². The van der Waals surface area contributed by atoms with E-state index in [4.69, 9.17) is 0 Å². The Morgan fingerprint density at radius 3 is 2.85 bits per heavy atom. The minimum atomic E-state index is 0. The summed E-state index contributed by atoms with van der Waals surface area (Å²) >= 11 is 3.19. The van der Waals surface area contributed by atoms with Crippen LogP contribution in [-0.2, 0) is 4.79 Å². The molecule has 0 aliphatic carbocycles. The van der Waals surface area contributed by atoms with Crippen molar-refractivity contribution in [3.63, 3.8) is 0 Å². The molecule has 3 nitrogen and oxygen atoms in total. The van der Waals surface area contributed by atoms with E-state index in [9.17, 15) is 4.79 Å². The predicted molar refractivity (Wildman–Crippen MR) is 59.3 cm³/mol. The fraction of sp³-hybridized carbons (Fsp3) is 0.625. The van der Waals surface area contributed by atoms with Crippen molar-refractivity contribution in [2.24, 2.45) is 5.92 Å². The van der Waals surface area contributed by atoms with Gasteiger partial charge in [-0.05, 0) is 13.0 Å². The summed E-state index contributed by atoms with van der Waals surface area (Å²) in [6.07, 6.45) is 0.945. The van der Waals surface area contributed by atoms with Crippen LogP contribution >= 0.6 is 28.3 Å². The SMILES string of the molecule is C=C(Br)CNC(=O)[C@H]1CCNC1.Cl. The minimum absolute atomic E-state index is 0. The first kappa shape index (κ1) is 12.9. The van der Waals surface area contributed by atoms with Crippen LogP contribution in [0.1, 0.15) is 6.42 Å². The van der Waals surface area contributed by atoms with Crippen LogP contribution < -0.4 is 10.6 Å². The zero-order valence-electron chi connectivity index (χ0n) is 7.31. The molecule has 1 heterocycles. The first-order valence-electron chi connectivity index (χ1n) is 4.02. The van der Waals surface area contributed by atoms with Crippen LogP contribution in [0.2, 0.25) is 0 Å². The van der Waals surface area contributed by atoms with E-state index in [2.05, 4.69) is 33.1 Å². The number of hydrogen-bond donors (Lipinski definition) is 2. The lowest BCUT2D eigenvalue weighted by Gasteiger charge is -2.08. The molecule has 0 aromatic heterocycles. The highest BCUT2D eigenvalue weighted by Crippen LogP contribution is 2.07. The number of carbonyl (C=O) groups excluding carboxylic acids is 1. The van der Waals surface area contributed by atoms with E-state index in [-0.39, 0.29) is 24.2 Å². The van der Waals surface area contributed by atoms with Crippen molar-refractivity contribution in [1.29, 1.82) is 0 Å². The maximum absolute atomic E-state index is 11.3. The molecule has 76 valence electrons. The third kappa shape index (κ3) is 4.64. The molecule has 13 heavy (non-hydrogen) atoms. The van der Waals surface area contributed by atoms with Gasteiger partial charge >= 0.3 is 0 Å². The smallest absolute Gasteiger partial charge is 0.224 e. The highest BCUT2D eigenvalue weighted by atomic mass is 79.9. The molecule has 0 radical (unpaired) electrons. The number of hydrogen-bond acceptors (Lipinski definition) is 2. The van der Waals surface area contributed by atoms with Crippen LogP contribution in [0.3, 0.4) is 0 Å². The lowest BCUT2D eigenvalue weighted by molar-refractivity contribution is -0.124. The summed E-state index contributed by atoms with van der Waals surface area (Å²) < 4.78 is 0.807. The van der Waals surface area contributed by atoms with Gasteiger partial charge in [-0.15, -0.1) is 12.4 Å². The van der Waals surface area contributed by atoms with E-state index < -0.39 is 0 Å². The standard InChI is InChI=1S/C8H13BrN2O.ClH/c1-6(9)4-11-8(12)7-2-3-10-5-7;/h7,10H,1-5H2,(H,11,12);1H/t7-;/m0./s1. The lowest BCUT2D eigenvalue weighted by atomic mass is 10.1. The largest absolute Gasteiger partial charge is 0.351 e. The Bertz CT molecular complexity index is 193. The molecule has 2 N–H and O–H groups in total. The average molecular weight is 270 g/mol. The third-order valence-corrected chi connectivity index (χ3v) is 2.17. The minimum Gasteiger partial charge on any atom is -0.351 e. The molecule has 0 spiro atoms. The van der Waals surface area contributed by atoms with Gasteiger partial charge in [-0.3, -0.25) is 4.79 Å². The van der Waals surface area contributed by atoms with Crippen molar-refractivity contribution in [3.8, 4) is 0 Å². The van der Waals surface area contributed by atoms with Gasteiger partial charge in [0.15, 0.2) is 0 Å². The molecule has 1 atom stereocenters. The Balaban J connectivity index is 0.00000144. The molecule has 1 rings (SSSR count). The molecule has 1 aliphatic heterocycles. The molecule has 1 aliphatic rings. The number of carbonyl (C=O) groups is 1. The van der Waals surface area contributed by atoms with Crippen molar-refractivity contribution >= 4 is 34.2 Å². The normalized spacial score (nSPS) is 20.5. The second kappa shape index (κ2) is 6.40. The Kier molecular flexibility index (Phi) is 6.37. The molecule has 5 heteroatoms. The zero-order valence-corrected chi connectivity index (χ0v) is 9.71. The number of halogens is 2. The van der Waals surface area contributed by atoms with Crippen LogP contribution in [0.5, 0.6) is 0 Å². The summed E-state index contributed by atoms with van der Waals surface area (Å²) in [5.74, 6) is 0.275. The average Bonchev–Trinajstić information content (AvgIpc) is 2.51. The van der Waals surface area contributed by atoms with E-state index in [0.29, 0.717) is 6.54 Å². The van der Waals surface area contributed by atoms with Gasteiger partial charge in [0, 0.05) is 17.6 Å². The van der Waals surface area contributed by atoms with E-state index >= 15 is 0 Å². The van der Waals surface area contributed by atoms with Gasteiger partial charge in [0.2, 0.25) is 5.91 Å². The van der Waals surface area contributed by atoms with Gasteiger partial charge in [0.05, 0.1) is 5.92 Å². The van der Waals surface area contributed by atoms with Crippen LogP contribution in [0.25, 0.3) is 0 Å². The molecule has 1 saturated heterocycles. The van der Waals surface area contributed by atoms with Crippen LogP contribution in [0, 0.1) is 5.92 Å². The summed E-state index contributed by atoms with van der Waals surface area (Å²) in [7, 11) is 0. The van der Waals surface area contributed by atoms with Crippen molar-refractivity contribution in [1.82, 2.24) is 10.6 Å². The summed E-state index contributed by atoms with van der Waals surface area (Å²) in [5.41, 5.74) is 0. The van der Waals surface area contributed by atoms with Crippen molar-refractivity contribution < 1.29 is 4.79 Å². The highest BCUT2D eigenvalue weighted by molar-refractivity contribution is 9.11.